The van der Waals surface area contributed by atoms with Gasteiger partial charge in [-0.25, -0.2) is 4.79 Å². The Balaban J connectivity index is 2.86. The fraction of sp³-hybridized carbons (Fsp3) is 0.818. The summed E-state index contributed by atoms with van der Waals surface area (Å²) in [7, 11) is 1.70. The summed E-state index contributed by atoms with van der Waals surface area (Å²) < 4.78 is 0. The van der Waals surface area contributed by atoms with Gasteiger partial charge in [-0.05, 0) is 19.8 Å². The number of carbonyl (C=O) groups excluding carboxylic acids is 2. The van der Waals surface area contributed by atoms with Gasteiger partial charge in [-0.2, -0.15) is 0 Å². The summed E-state index contributed by atoms with van der Waals surface area (Å²) in [5.41, 5.74) is -0.634. The Kier molecular flexibility index (Phi) is 3.37. The number of unbranched alkanes of at least 4 members (excludes halogenated alkanes) is 1. The van der Waals surface area contributed by atoms with Gasteiger partial charge in [0, 0.05) is 13.6 Å². The first-order chi connectivity index (χ1) is 6.99. The molecule has 0 spiro atoms. The topological polar surface area (TPSA) is 40.6 Å². The van der Waals surface area contributed by atoms with E-state index in [0.29, 0.717) is 13.0 Å². The molecule has 0 aromatic rings. The molecule has 0 aliphatic carbocycles. The van der Waals surface area contributed by atoms with Crippen LogP contribution in [-0.2, 0) is 4.79 Å². The molecule has 0 aromatic carbocycles. The normalized spacial score (nSPS) is 26.7. The van der Waals surface area contributed by atoms with Crippen LogP contribution in [0, 0.1) is 0 Å². The quantitative estimate of drug-likeness (QED) is 0.667. The number of hydrogen-bond acceptors (Lipinski definition) is 2. The van der Waals surface area contributed by atoms with Crippen LogP contribution >= 0.6 is 0 Å². The first-order valence-electron chi connectivity index (χ1n) is 5.58. The maximum absolute atomic E-state index is 12.0. The highest BCUT2D eigenvalue weighted by atomic mass is 16.2. The predicted molar refractivity (Wildman–Crippen MR) is 58.5 cm³/mol. The Hall–Kier alpha value is -1.06. The maximum Gasteiger partial charge on any atom is 0.327 e. The Labute approximate surface area is 91.2 Å². The molecule has 0 bridgehead atoms. The zero-order valence-corrected chi connectivity index (χ0v) is 10.0. The van der Waals surface area contributed by atoms with Gasteiger partial charge in [0.25, 0.3) is 5.91 Å². The molecule has 1 atom stereocenters. The molecule has 1 aliphatic heterocycles. The lowest BCUT2D eigenvalue weighted by Crippen LogP contribution is -2.44. The number of imide groups is 1. The van der Waals surface area contributed by atoms with E-state index in [4.69, 9.17) is 0 Å². The van der Waals surface area contributed by atoms with Crippen molar-refractivity contribution in [1.82, 2.24) is 9.80 Å². The van der Waals surface area contributed by atoms with Gasteiger partial charge >= 0.3 is 6.03 Å². The third kappa shape index (κ3) is 1.73. The third-order valence-electron chi connectivity index (χ3n) is 3.39. The molecule has 0 saturated carbocycles. The maximum atomic E-state index is 12.0. The van der Waals surface area contributed by atoms with Crippen LogP contribution < -0.4 is 0 Å². The average Bonchev–Trinajstić information content (AvgIpc) is 2.40. The van der Waals surface area contributed by atoms with Crippen molar-refractivity contribution in [3.8, 4) is 0 Å². The van der Waals surface area contributed by atoms with Crippen LogP contribution in [0.1, 0.15) is 40.0 Å². The van der Waals surface area contributed by atoms with Crippen LogP contribution in [-0.4, -0.2) is 40.9 Å². The van der Waals surface area contributed by atoms with Gasteiger partial charge in [-0.3, -0.25) is 9.69 Å². The van der Waals surface area contributed by atoms with E-state index in [1.165, 1.54) is 4.90 Å². The molecule has 1 unspecified atom stereocenters. The highest BCUT2D eigenvalue weighted by molar-refractivity contribution is 6.06. The van der Waals surface area contributed by atoms with Gasteiger partial charge in [0.1, 0.15) is 5.54 Å². The third-order valence-corrected chi connectivity index (χ3v) is 3.39. The van der Waals surface area contributed by atoms with Crippen LogP contribution in [0.4, 0.5) is 4.79 Å². The molecule has 1 aliphatic rings. The Morgan fingerprint density at radius 2 is 1.87 bits per heavy atom. The fourth-order valence-electron chi connectivity index (χ4n) is 1.82. The molecule has 1 rings (SSSR count). The van der Waals surface area contributed by atoms with Gasteiger partial charge in [-0.15, -0.1) is 0 Å². The lowest BCUT2D eigenvalue weighted by molar-refractivity contribution is -0.132. The fourth-order valence-corrected chi connectivity index (χ4v) is 1.82. The summed E-state index contributed by atoms with van der Waals surface area (Å²) >= 11 is 0. The number of amides is 3. The smallest absolute Gasteiger partial charge is 0.313 e. The summed E-state index contributed by atoms with van der Waals surface area (Å²) in [6.45, 7) is 6.37. The van der Waals surface area contributed by atoms with Crippen molar-refractivity contribution in [3.63, 3.8) is 0 Å². The number of carbonyl (C=O) groups is 2. The molecule has 0 N–H and O–H groups in total. The average molecular weight is 212 g/mol. The van der Waals surface area contributed by atoms with Gasteiger partial charge < -0.3 is 4.90 Å². The highest BCUT2D eigenvalue weighted by Crippen LogP contribution is 2.29. The number of hydrogen-bond donors (Lipinski definition) is 0. The summed E-state index contributed by atoms with van der Waals surface area (Å²) in [5, 5.41) is 0. The summed E-state index contributed by atoms with van der Waals surface area (Å²) in [6.07, 6.45) is 2.53. The Morgan fingerprint density at radius 1 is 1.27 bits per heavy atom. The Bertz CT molecular complexity index is 278. The second-order valence-electron chi connectivity index (χ2n) is 4.28. The molecule has 1 saturated heterocycles. The van der Waals surface area contributed by atoms with Crippen LogP contribution in [0.5, 0.6) is 0 Å². The van der Waals surface area contributed by atoms with Gasteiger partial charge in [0.2, 0.25) is 0 Å². The Morgan fingerprint density at radius 3 is 2.27 bits per heavy atom. The van der Waals surface area contributed by atoms with Crippen molar-refractivity contribution >= 4 is 11.9 Å². The molecular weight excluding hydrogens is 192 g/mol. The van der Waals surface area contributed by atoms with Crippen LogP contribution in [0.3, 0.4) is 0 Å². The van der Waals surface area contributed by atoms with E-state index in [2.05, 4.69) is 0 Å². The summed E-state index contributed by atoms with van der Waals surface area (Å²) in [4.78, 5) is 26.8. The number of urea groups is 1. The van der Waals surface area contributed by atoms with Crippen molar-refractivity contribution in [2.75, 3.05) is 13.6 Å². The molecule has 0 aromatic heterocycles. The lowest BCUT2D eigenvalue weighted by Gasteiger charge is -2.26. The number of rotatable bonds is 4. The van der Waals surface area contributed by atoms with Gasteiger partial charge in [0.05, 0.1) is 0 Å². The van der Waals surface area contributed by atoms with Crippen LogP contribution in [0.15, 0.2) is 0 Å². The number of likely N-dealkylation sites (N-methyl/N-ethyl adjacent to an activating group) is 1. The molecule has 1 heterocycles. The minimum absolute atomic E-state index is 0.0500. The highest BCUT2D eigenvalue weighted by Gasteiger charge is 2.50. The van der Waals surface area contributed by atoms with Crippen LogP contribution in [0.25, 0.3) is 0 Å². The van der Waals surface area contributed by atoms with Crippen molar-refractivity contribution in [2.45, 2.75) is 45.6 Å². The number of nitrogens with zero attached hydrogens (tertiary/aromatic N) is 2. The molecule has 86 valence electrons. The second kappa shape index (κ2) is 4.21. The van der Waals surface area contributed by atoms with Gasteiger partial charge in [-0.1, -0.05) is 20.3 Å². The van der Waals surface area contributed by atoms with Crippen LogP contribution in [0.2, 0.25) is 0 Å². The monoisotopic (exact) mass is 212 g/mol. The van der Waals surface area contributed by atoms with E-state index in [-0.39, 0.29) is 11.9 Å². The molecule has 4 heteroatoms. The predicted octanol–water partition coefficient (Wildman–Crippen LogP) is 1.85. The van der Waals surface area contributed by atoms with Gasteiger partial charge in [0.15, 0.2) is 0 Å². The summed E-state index contributed by atoms with van der Waals surface area (Å²) in [5.74, 6) is -0.0500. The molecule has 3 amide bonds. The van der Waals surface area contributed by atoms with E-state index in [1.54, 1.807) is 11.9 Å². The second-order valence-corrected chi connectivity index (χ2v) is 4.28. The standard InChI is InChI=1S/C11H20N2O2/c1-5-7-8-13-9(14)11(3,6-2)12(4)10(13)15/h5-8H2,1-4H3. The molecule has 1 fully saturated rings. The summed E-state index contributed by atoms with van der Waals surface area (Å²) in [6, 6.07) is -0.155. The van der Waals surface area contributed by atoms with E-state index in [0.717, 1.165) is 12.8 Å². The molecule has 4 nitrogen and oxygen atoms in total. The van der Waals surface area contributed by atoms with E-state index >= 15 is 0 Å². The van der Waals surface area contributed by atoms with Crippen molar-refractivity contribution in [1.29, 1.82) is 0 Å². The lowest BCUT2D eigenvalue weighted by atomic mass is 9.98. The minimum Gasteiger partial charge on any atom is -0.313 e. The molecule has 0 radical (unpaired) electrons. The zero-order chi connectivity index (χ0) is 11.6. The molecular formula is C11H20N2O2. The van der Waals surface area contributed by atoms with Crippen molar-refractivity contribution < 1.29 is 9.59 Å². The first kappa shape index (κ1) is 12.0. The van der Waals surface area contributed by atoms with E-state index in [1.807, 2.05) is 20.8 Å². The minimum atomic E-state index is -0.634. The van der Waals surface area contributed by atoms with E-state index < -0.39 is 5.54 Å². The van der Waals surface area contributed by atoms with E-state index in [9.17, 15) is 9.59 Å². The molecule has 15 heavy (non-hydrogen) atoms. The zero-order valence-electron chi connectivity index (χ0n) is 10.0. The first-order valence-corrected chi connectivity index (χ1v) is 5.58. The van der Waals surface area contributed by atoms with Crippen molar-refractivity contribution in [2.24, 2.45) is 0 Å². The SMILES string of the molecule is CCCCN1C(=O)N(C)C(C)(CC)C1=O. The van der Waals surface area contributed by atoms with Crippen molar-refractivity contribution in [3.05, 3.63) is 0 Å². The largest absolute Gasteiger partial charge is 0.327 e.